The summed E-state index contributed by atoms with van der Waals surface area (Å²) in [7, 11) is 1.58. The molecular weight excluding hydrogens is 318 g/mol. The topological polar surface area (TPSA) is 97.3 Å². The Balaban J connectivity index is 0.00000264. The average Bonchev–Trinajstić information content (AvgIpc) is 2.95. The summed E-state index contributed by atoms with van der Waals surface area (Å²) < 4.78 is 5.20. The maximum absolute atomic E-state index is 11.3. The highest BCUT2D eigenvalue weighted by atomic mass is 35.5. The van der Waals surface area contributed by atoms with E-state index < -0.39 is 0 Å². The Morgan fingerprint density at radius 1 is 1.30 bits per heavy atom. The molecule has 1 heterocycles. The number of likely N-dealkylation sites (N-methyl/N-ethyl adjacent to an activating group) is 1. The Bertz CT molecular complexity index is 591. The lowest BCUT2D eigenvalue weighted by atomic mass is 10.2. The van der Waals surface area contributed by atoms with Crippen LogP contribution in [0.2, 0.25) is 0 Å². The molecule has 0 spiro atoms. The summed E-state index contributed by atoms with van der Waals surface area (Å²) >= 11 is 0. The van der Waals surface area contributed by atoms with E-state index in [9.17, 15) is 4.79 Å². The van der Waals surface area contributed by atoms with Gasteiger partial charge in [-0.15, -0.1) is 12.4 Å². The van der Waals surface area contributed by atoms with Gasteiger partial charge in [0.15, 0.2) is 5.82 Å². The Hall–Kier alpha value is -1.96. The van der Waals surface area contributed by atoms with Gasteiger partial charge in [0.05, 0.1) is 13.0 Å². The summed E-state index contributed by atoms with van der Waals surface area (Å²) in [6.45, 7) is 2.53. The fourth-order valence-electron chi connectivity index (χ4n) is 2.09. The molecular formula is C15H22ClN5O2. The van der Waals surface area contributed by atoms with Crippen molar-refractivity contribution in [3.63, 3.8) is 0 Å². The molecule has 0 saturated heterocycles. The van der Waals surface area contributed by atoms with Crippen LogP contribution in [0.4, 0.5) is 0 Å². The SMILES string of the molecule is CNC(=O)Cc1noc(CN(CCN)Cc2ccccc2)n1.Cl. The van der Waals surface area contributed by atoms with Crippen LogP contribution in [0, 0.1) is 0 Å². The fourth-order valence-corrected chi connectivity index (χ4v) is 2.09. The number of nitrogens with one attached hydrogen (secondary N) is 1. The molecule has 2 aromatic rings. The molecule has 1 amide bonds. The number of benzene rings is 1. The van der Waals surface area contributed by atoms with Crippen molar-refractivity contribution in [2.45, 2.75) is 19.5 Å². The molecule has 7 nitrogen and oxygen atoms in total. The van der Waals surface area contributed by atoms with Crippen molar-refractivity contribution < 1.29 is 9.32 Å². The Morgan fingerprint density at radius 3 is 2.70 bits per heavy atom. The van der Waals surface area contributed by atoms with Crippen LogP contribution in [-0.2, 0) is 24.3 Å². The molecule has 0 saturated carbocycles. The van der Waals surface area contributed by atoms with E-state index in [1.807, 2.05) is 18.2 Å². The number of nitrogens with two attached hydrogens (primary N) is 1. The summed E-state index contributed by atoms with van der Waals surface area (Å²) in [6.07, 6.45) is 0.121. The van der Waals surface area contributed by atoms with Crippen LogP contribution in [0.15, 0.2) is 34.9 Å². The van der Waals surface area contributed by atoms with E-state index in [1.54, 1.807) is 7.05 Å². The van der Waals surface area contributed by atoms with E-state index in [0.29, 0.717) is 24.8 Å². The molecule has 23 heavy (non-hydrogen) atoms. The first-order chi connectivity index (χ1) is 10.7. The maximum Gasteiger partial charge on any atom is 0.240 e. The maximum atomic E-state index is 11.3. The zero-order chi connectivity index (χ0) is 15.8. The third kappa shape index (κ3) is 6.35. The molecule has 2 rings (SSSR count). The predicted octanol–water partition coefficient (Wildman–Crippen LogP) is 0.741. The zero-order valence-corrected chi connectivity index (χ0v) is 13.9. The molecule has 0 atom stereocenters. The molecule has 3 N–H and O–H groups in total. The van der Waals surface area contributed by atoms with Crippen LogP contribution in [0.25, 0.3) is 0 Å². The highest BCUT2D eigenvalue weighted by Gasteiger charge is 2.13. The monoisotopic (exact) mass is 339 g/mol. The third-order valence-electron chi connectivity index (χ3n) is 3.16. The van der Waals surface area contributed by atoms with Gasteiger partial charge in [-0.1, -0.05) is 35.5 Å². The van der Waals surface area contributed by atoms with Gasteiger partial charge in [-0.25, -0.2) is 0 Å². The van der Waals surface area contributed by atoms with Crippen LogP contribution in [0.3, 0.4) is 0 Å². The second kappa shape index (κ2) is 9.94. The van der Waals surface area contributed by atoms with Gasteiger partial charge >= 0.3 is 0 Å². The summed E-state index contributed by atoms with van der Waals surface area (Å²) in [5, 5.41) is 6.35. The first-order valence-electron chi connectivity index (χ1n) is 7.19. The lowest BCUT2D eigenvalue weighted by Crippen LogP contribution is -2.28. The molecule has 1 aromatic heterocycles. The smallest absolute Gasteiger partial charge is 0.240 e. The molecule has 0 fully saturated rings. The van der Waals surface area contributed by atoms with Gasteiger partial charge in [0.25, 0.3) is 0 Å². The van der Waals surface area contributed by atoms with Crippen LogP contribution in [-0.4, -0.2) is 41.1 Å². The van der Waals surface area contributed by atoms with Gasteiger partial charge < -0.3 is 15.6 Å². The van der Waals surface area contributed by atoms with Gasteiger partial charge in [-0.05, 0) is 5.56 Å². The molecule has 8 heteroatoms. The number of aromatic nitrogens is 2. The molecule has 1 aromatic carbocycles. The standard InChI is InChI=1S/C15H21N5O2.ClH/c1-17-14(21)9-13-18-15(22-19-13)11-20(8-7-16)10-12-5-3-2-4-6-12;/h2-6H,7-11,16H2,1H3,(H,17,21);1H. The number of hydrogen-bond donors (Lipinski definition) is 2. The second-order valence-corrected chi connectivity index (χ2v) is 4.94. The minimum absolute atomic E-state index is 0. The Kier molecular flexibility index (Phi) is 8.25. The fraction of sp³-hybridized carbons (Fsp3) is 0.400. The number of amides is 1. The van der Waals surface area contributed by atoms with Crippen LogP contribution < -0.4 is 11.1 Å². The zero-order valence-electron chi connectivity index (χ0n) is 13.1. The summed E-state index contributed by atoms with van der Waals surface area (Å²) in [5.74, 6) is 0.737. The molecule has 0 unspecified atom stereocenters. The molecule has 0 aliphatic rings. The van der Waals surface area contributed by atoms with Crippen LogP contribution >= 0.6 is 12.4 Å². The largest absolute Gasteiger partial charge is 0.359 e. The first kappa shape index (κ1) is 19.1. The summed E-state index contributed by atoms with van der Waals surface area (Å²) in [5.41, 5.74) is 6.86. The minimum atomic E-state index is -0.143. The van der Waals surface area contributed by atoms with Crippen molar-refractivity contribution in [2.75, 3.05) is 20.1 Å². The first-order valence-corrected chi connectivity index (χ1v) is 7.19. The number of carbonyl (C=O) groups is 1. The van der Waals surface area contributed by atoms with E-state index in [4.69, 9.17) is 10.3 Å². The van der Waals surface area contributed by atoms with Crippen LogP contribution in [0.1, 0.15) is 17.3 Å². The Morgan fingerprint density at radius 2 is 2.04 bits per heavy atom. The van der Waals surface area contributed by atoms with Crippen molar-refractivity contribution in [1.82, 2.24) is 20.4 Å². The molecule has 0 radical (unpaired) electrons. The van der Waals surface area contributed by atoms with Crippen molar-refractivity contribution in [1.29, 1.82) is 0 Å². The van der Waals surface area contributed by atoms with Gasteiger partial charge in [-0.2, -0.15) is 4.98 Å². The second-order valence-electron chi connectivity index (χ2n) is 4.94. The lowest BCUT2D eigenvalue weighted by Gasteiger charge is -2.19. The summed E-state index contributed by atoms with van der Waals surface area (Å²) in [4.78, 5) is 17.7. The van der Waals surface area contributed by atoms with Crippen molar-refractivity contribution >= 4 is 18.3 Å². The number of hydrogen-bond acceptors (Lipinski definition) is 6. The van der Waals surface area contributed by atoms with E-state index >= 15 is 0 Å². The quantitative estimate of drug-likeness (QED) is 0.736. The minimum Gasteiger partial charge on any atom is -0.359 e. The number of rotatable bonds is 8. The van der Waals surface area contributed by atoms with Gasteiger partial charge in [-0.3, -0.25) is 9.69 Å². The van der Waals surface area contributed by atoms with Crippen LogP contribution in [0.5, 0.6) is 0 Å². The normalized spacial score (nSPS) is 10.4. The number of halogens is 1. The van der Waals surface area contributed by atoms with Gasteiger partial charge in [0, 0.05) is 26.7 Å². The van der Waals surface area contributed by atoms with E-state index in [-0.39, 0.29) is 24.7 Å². The Labute approximate surface area is 141 Å². The predicted molar refractivity (Wildman–Crippen MR) is 88.9 cm³/mol. The van der Waals surface area contributed by atoms with E-state index in [1.165, 1.54) is 5.56 Å². The van der Waals surface area contributed by atoms with Crippen molar-refractivity contribution in [2.24, 2.45) is 5.73 Å². The average molecular weight is 340 g/mol. The third-order valence-corrected chi connectivity index (χ3v) is 3.16. The molecule has 0 aliphatic heterocycles. The molecule has 0 aliphatic carbocycles. The molecule has 126 valence electrons. The van der Waals surface area contributed by atoms with E-state index in [2.05, 4.69) is 32.5 Å². The van der Waals surface area contributed by atoms with Crippen molar-refractivity contribution in [3.8, 4) is 0 Å². The highest BCUT2D eigenvalue weighted by Crippen LogP contribution is 2.08. The number of nitrogens with zero attached hydrogens (tertiary/aromatic N) is 3. The van der Waals surface area contributed by atoms with Crippen molar-refractivity contribution in [3.05, 3.63) is 47.6 Å². The van der Waals surface area contributed by atoms with E-state index in [0.717, 1.165) is 13.1 Å². The lowest BCUT2D eigenvalue weighted by molar-refractivity contribution is -0.120. The summed E-state index contributed by atoms with van der Waals surface area (Å²) in [6, 6.07) is 10.1. The highest BCUT2D eigenvalue weighted by molar-refractivity contribution is 5.85. The number of carbonyl (C=O) groups excluding carboxylic acids is 1. The molecule has 0 bridgehead atoms. The van der Waals surface area contributed by atoms with Gasteiger partial charge in [0.2, 0.25) is 11.8 Å². The van der Waals surface area contributed by atoms with Gasteiger partial charge in [0.1, 0.15) is 0 Å².